The predicted molar refractivity (Wildman–Crippen MR) is 69.7 cm³/mol. The van der Waals surface area contributed by atoms with E-state index in [1.165, 1.54) is 38.5 Å². The first-order chi connectivity index (χ1) is 6.88. The molecule has 0 N–H and O–H groups in total. The second-order valence-corrected chi connectivity index (χ2v) is 11.2. The van der Waals surface area contributed by atoms with Crippen molar-refractivity contribution in [2.75, 3.05) is 0 Å². The lowest BCUT2D eigenvalue weighted by atomic mass is 9.99. The molecule has 14 heavy (non-hydrogen) atoms. The van der Waals surface area contributed by atoms with Crippen molar-refractivity contribution in [1.29, 1.82) is 0 Å². The third-order valence-electron chi connectivity index (χ3n) is 4.20. The Morgan fingerprint density at radius 2 is 1.00 bits per heavy atom. The second-order valence-electron chi connectivity index (χ2n) is 5.24. The monoisotopic (exact) mass is 274 g/mol. The van der Waals surface area contributed by atoms with Gasteiger partial charge in [0.15, 0.2) is 0 Å². The average molecular weight is 275 g/mol. The standard InChI is InChI=1S/C12H23BrSi/c13-14(11-7-3-1-4-8-11)12-9-5-2-6-10-12/h11-12,14H,1-10H2. The van der Waals surface area contributed by atoms with Gasteiger partial charge in [-0.15, -0.1) is 15.3 Å². The molecule has 2 aliphatic carbocycles. The molecule has 0 spiro atoms. The fourth-order valence-electron chi connectivity index (χ4n) is 3.29. The van der Waals surface area contributed by atoms with Crippen molar-refractivity contribution in [2.24, 2.45) is 0 Å². The molecule has 0 bridgehead atoms. The van der Waals surface area contributed by atoms with E-state index in [0.717, 1.165) is 11.1 Å². The summed E-state index contributed by atoms with van der Waals surface area (Å²) in [6.07, 6.45) is 15.3. The largest absolute Gasteiger partial charge is 0.130 e. The van der Waals surface area contributed by atoms with Crippen LogP contribution in [-0.4, -0.2) is 7.42 Å². The zero-order valence-electron chi connectivity index (χ0n) is 9.18. The molecular formula is C12H23BrSi. The average Bonchev–Trinajstić information content (AvgIpc) is 2.30. The summed E-state index contributed by atoms with van der Waals surface area (Å²) >= 11 is 4.14. The molecule has 2 heteroatoms. The zero-order chi connectivity index (χ0) is 9.80. The minimum absolute atomic E-state index is 0.552. The molecule has 0 radical (unpaired) electrons. The van der Waals surface area contributed by atoms with E-state index in [1.807, 2.05) is 0 Å². The molecule has 0 atom stereocenters. The molecule has 0 unspecified atom stereocenters. The molecule has 0 saturated heterocycles. The smallest absolute Gasteiger partial charge is 0.120 e. The van der Waals surface area contributed by atoms with Crippen molar-refractivity contribution < 1.29 is 0 Å². The fourth-order valence-corrected chi connectivity index (χ4v) is 9.45. The lowest BCUT2D eigenvalue weighted by Gasteiger charge is -2.33. The lowest BCUT2D eigenvalue weighted by molar-refractivity contribution is 0.468. The van der Waals surface area contributed by atoms with Gasteiger partial charge in [0.25, 0.3) is 0 Å². The van der Waals surface area contributed by atoms with Gasteiger partial charge in [-0.1, -0.05) is 64.2 Å². The Morgan fingerprint density at radius 1 is 0.643 bits per heavy atom. The lowest BCUT2D eigenvalue weighted by Crippen LogP contribution is -2.24. The number of halogens is 1. The summed E-state index contributed by atoms with van der Waals surface area (Å²) in [5, 5.41) is 0. The number of hydrogen-bond donors (Lipinski definition) is 0. The van der Waals surface area contributed by atoms with Crippen molar-refractivity contribution in [3.05, 3.63) is 0 Å². The van der Waals surface area contributed by atoms with Crippen molar-refractivity contribution in [3.63, 3.8) is 0 Å². The Bertz CT molecular complexity index is 142. The van der Waals surface area contributed by atoms with Gasteiger partial charge in [0.2, 0.25) is 0 Å². The number of hydrogen-bond acceptors (Lipinski definition) is 0. The van der Waals surface area contributed by atoms with Crippen LogP contribution >= 0.6 is 15.3 Å². The maximum atomic E-state index is 4.14. The van der Waals surface area contributed by atoms with Gasteiger partial charge < -0.3 is 0 Å². The molecule has 2 saturated carbocycles. The van der Waals surface area contributed by atoms with Gasteiger partial charge in [-0.25, -0.2) is 0 Å². The summed E-state index contributed by atoms with van der Waals surface area (Å²) in [6, 6.07) is 0. The predicted octanol–water partition coefficient (Wildman–Crippen LogP) is 4.77. The van der Waals surface area contributed by atoms with Crippen LogP contribution in [0.15, 0.2) is 0 Å². The minimum atomic E-state index is -0.552. The molecule has 82 valence electrons. The van der Waals surface area contributed by atoms with Crippen molar-refractivity contribution in [3.8, 4) is 0 Å². The molecule has 0 aliphatic heterocycles. The third-order valence-corrected chi connectivity index (χ3v) is 11.8. The molecule has 2 fully saturated rings. The molecule has 0 aromatic heterocycles. The topological polar surface area (TPSA) is 0 Å². The molecule has 2 aliphatic rings. The van der Waals surface area contributed by atoms with Crippen molar-refractivity contribution >= 4 is 22.7 Å². The highest BCUT2D eigenvalue weighted by Gasteiger charge is 2.30. The zero-order valence-corrected chi connectivity index (χ0v) is 11.9. The minimum Gasteiger partial charge on any atom is -0.130 e. The molecule has 0 amide bonds. The van der Waals surface area contributed by atoms with Gasteiger partial charge in [-0.3, -0.25) is 0 Å². The van der Waals surface area contributed by atoms with E-state index >= 15 is 0 Å². The highest BCUT2D eigenvalue weighted by molar-refractivity contribution is 9.24. The summed E-state index contributed by atoms with van der Waals surface area (Å²) in [4.78, 5) is 0. The normalized spacial score (nSPS) is 27.0. The molecule has 0 aromatic rings. The van der Waals surface area contributed by atoms with Crippen LogP contribution in [0.25, 0.3) is 0 Å². The Balaban J connectivity index is 1.82. The van der Waals surface area contributed by atoms with E-state index in [2.05, 4.69) is 15.3 Å². The van der Waals surface area contributed by atoms with Gasteiger partial charge in [0.1, 0.15) is 7.42 Å². The Morgan fingerprint density at radius 3 is 1.36 bits per heavy atom. The first-order valence-electron chi connectivity index (χ1n) is 6.52. The van der Waals surface area contributed by atoms with Crippen LogP contribution in [0.2, 0.25) is 11.1 Å². The van der Waals surface area contributed by atoms with E-state index in [0.29, 0.717) is 0 Å². The Hall–Kier alpha value is 0.697. The van der Waals surface area contributed by atoms with Crippen molar-refractivity contribution in [2.45, 2.75) is 75.3 Å². The van der Waals surface area contributed by atoms with Crippen LogP contribution in [-0.2, 0) is 0 Å². The summed E-state index contributed by atoms with van der Waals surface area (Å²) < 4.78 is 0. The van der Waals surface area contributed by atoms with Gasteiger partial charge in [-0.05, 0) is 11.1 Å². The van der Waals surface area contributed by atoms with Gasteiger partial charge in [-0.2, -0.15) is 0 Å². The maximum absolute atomic E-state index is 4.14. The van der Waals surface area contributed by atoms with Crippen LogP contribution in [0.3, 0.4) is 0 Å². The van der Waals surface area contributed by atoms with E-state index < -0.39 is 7.42 Å². The first kappa shape index (κ1) is 11.2. The SMILES string of the molecule is Br[SiH](C1CCCCC1)C1CCCCC1. The quantitative estimate of drug-likeness (QED) is 0.503. The van der Waals surface area contributed by atoms with E-state index in [1.54, 1.807) is 25.7 Å². The maximum Gasteiger partial charge on any atom is 0.120 e. The molecule has 0 heterocycles. The molecule has 0 nitrogen and oxygen atoms in total. The van der Waals surface area contributed by atoms with Crippen LogP contribution in [0, 0.1) is 0 Å². The second kappa shape index (κ2) is 5.69. The van der Waals surface area contributed by atoms with Gasteiger partial charge in [0.05, 0.1) is 0 Å². The van der Waals surface area contributed by atoms with Gasteiger partial charge in [0, 0.05) is 0 Å². The number of rotatable bonds is 2. The van der Waals surface area contributed by atoms with Crippen molar-refractivity contribution in [1.82, 2.24) is 0 Å². The van der Waals surface area contributed by atoms with E-state index in [9.17, 15) is 0 Å². The Kier molecular flexibility index (Phi) is 4.55. The third kappa shape index (κ3) is 2.85. The summed E-state index contributed by atoms with van der Waals surface area (Å²) in [5.41, 5.74) is 2.29. The van der Waals surface area contributed by atoms with E-state index in [-0.39, 0.29) is 0 Å². The molecular weight excluding hydrogens is 252 g/mol. The summed E-state index contributed by atoms with van der Waals surface area (Å²) in [6.45, 7) is 0. The Labute approximate surface area is 98.0 Å². The summed E-state index contributed by atoms with van der Waals surface area (Å²) in [5.74, 6) is 0. The summed E-state index contributed by atoms with van der Waals surface area (Å²) in [7, 11) is -0.552. The van der Waals surface area contributed by atoms with Crippen LogP contribution in [0.4, 0.5) is 0 Å². The highest BCUT2D eigenvalue weighted by Crippen LogP contribution is 2.43. The van der Waals surface area contributed by atoms with Gasteiger partial charge >= 0.3 is 0 Å². The highest BCUT2D eigenvalue weighted by atomic mass is 79.9. The first-order valence-corrected chi connectivity index (χ1v) is 11.0. The molecule has 0 aromatic carbocycles. The van der Waals surface area contributed by atoms with Crippen LogP contribution < -0.4 is 0 Å². The molecule has 2 rings (SSSR count). The fraction of sp³-hybridized carbons (Fsp3) is 1.00. The van der Waals surface area contributed by atoms with Crippen LogP contribution in [0.5, 0.6) is 0 Å². The van der Waals surface area contributed by atoms with Crippen LogP contribution in [0.1, 0.15) is 64.2 Å². The van der Waals surface area contributed by atoms with E-state index in [4.69, 9.17) is 0 Å².